The van der Waals surface area contributed by atoms with Crippen LogP contribution in [0.4, 0.5) is 5.69 Å². The van der Waals surface area contributed by atoms with Crippen LogP contribution >= 0.6 is 11.8 Å². The highest BCUT2D eigenvalue weighted by atomic mass is 32.2. The molecule has 5 nitrogen and oxygen atoms in total. The van der Waals surface area contributed by atoms with E-state index >= 15 is 0 Å². The van der Waals surface area contributed by atoms with Gasteiger partial charge in [-0.15, -0.1) is 0 Å². The summed E-state index contributed by atoms with van der Waals surface area (Å²) < 4.78 is 5.30. The SMILES string of the molecule is COc1ccc(-c2cc(-c3ccccc3)nc(SC(C)C(=O)Nc3ccc(C(C)C)cc3)c2C#N)cc1. The number of rotatable bonds is 8. The molecule has 37 heavy (non-hydrogen) atoms. The van der Waals surface area contributed by atoms with Crippen LogP contribution in [0.15, 0.2) is 90.0 Å². The zero-order chi connectivity index (χ0) is 26.4. The van der Waals surface area contributed by atoms with E-state index in [1.165, 1.54) is 17.3 Å². The molecule has 3 aromatic carbocycles. The van der Waals surface area contributed by atoms with Crippen molar-refractivity contribution in [2.45, 2.75) is 37.0 Å². The lowest BCUT2D eigenvalue weighted by Gasteiger charge is -2.16. The normalized spacial score (nSPS) is 11.6. The molecule has 0 aliphatic rings. The highest BCUT2D eigenvalue weighted by Gasteiger charge is 2.21. The molecule has 0 radical (unpaired) electrons. The van der Waals surface area contributed by atoms with Gasteiger partial charge in [-0.25, -0.2) is 4.98 Å². The van der Waals surface area contributed by atoms with Crippen molar-refractivity contribution in [1.82, 2.24) is 4.98 Å². The molecule has 0 aliphatic heterocycles. The van der Waals surface area contributed by atoms with Gasteiger partial charge in [-0.1, -0.05) is 80.2 Å². The fourth-order valence-corrected chi connectivity index (χ4v) is 4.81. The lowest BCUT2D eigenvalue weighted by Crippen LogP contribution is -2.22. The van der Waals surface area contributed by atoms with Crippen LogP contribution < -0.4 is 10.1 Å². The van der Waals surface area contributed by atoms with Crippen molar-refractivity contribution in [3.8, 4) is 34.2 Å². The second-order valence-electron chi connectivity index (χ2n) is 8.97. The lowest BCUT2D eigenvalue weighted by atomic mass is 9.99. The Labute approximate surface area is 222 Å². The zero-order valence-electron chi connectivity index (χ0n) is 21.4. The Morgan fingerprint density at radius 3 is 2.22 bits per heavy atom. The van der Waals surface area contributed by atoms with Crippen molar-refractivity contribution < 1.29 is 9.53 Å². The molecule has 1 heterocycles. The average molecular weight is 508 g/mol. The van der Waals surface area contributed by atoms with Gasteiger partial charge < -0.3 is 10.1 Å². The molecule has 0 saturated carbocycles. The number of nitrogens with zero attached hydrogens (tertiary/aromatic N) is 2. The predicted molar refractivity (Wildman–Crippen MR) is 151 cm³/mol. The van der Waals surface area contributed by atoms with E-state index < -0.39 is 5.25 Å². The van der Waals surface area contributed by atoms with Crippen LogP contribution in [-0.4, -0.2) is 23.3 Å². The summed E-state index contributed by atoms with van der Waals surface area (Å²) in [5.74, 6) is 1.01. The second-order valence-corrected chi connectivity index (χ2v) is 10.3. The van der Waals surface area contributed by atoms with Gasteiger partial charge >= 0.3 is 0 Å². The number of hydrogen-bond acceptors (Lipinski definition) is 5. The second kappa shape index (κ2) is 11.8. The highest BCUT2D eigenvalue weighted by Crippen LogP contribution is 2.36. The maximum atomic E-state index is 13.1. The van der Waals surface area contributed by atoms with Crippen molar-refractivity contribution >= 4 is 23.4 Å². The van der Waals surface area contributed by atoms with Gasteiger partial charge in [0.05, 0.1) is 23.6 Å². The Balaban J connectivity index is 1.67. The third-order valence-corrected chi connectivity index (χ3v) is 7.16. The van der Waals surface area contributed by atoms with Crippen LogP contribution in [0.3, 0.4) is 0 Å². The Morgan fingerprint density at radius 2 is 1.62 bits per heavy atom. The first-order valence-electron chi connectivity index (χ1n) is 12.1. The molecule has 0 bridgehead atoms. The van der Waals surface area contributed by atoms with Crippen molar-refractivity contribution in [2.75, 3.05) is 12.4 Å². The third-order valence-electron chi connectivity index (χ3n) is 6.07. The summed E-state index contributed by atoms with van der Waals surface area (Å²) in [6.45, 7) is 6.10. The zero-order valence-corrected chi connectivity index (χ0v) is 22.2. The van der Waals surface area contributed by atoms with Crippen molar-refractivity contribution in [1.29, 1.82) is 5.26 Å². The number of pyridine rings is 1. The molecule has 1 N–H and O–H groups in total. The number of nitrogens with one attached hydrogen (secondary N) is 1. The van der Waals surface area contributed by atoms with Gasteiger partial charge in [-0.3, -0.25) is 4.79 Å². The number of nitriles is 1. The third kappa shape index (κ3) is 6.19. The number of anilines is 1. The quantitative estimate of drug-likeness (QED) is 0.249. The molecule has 0 aliphatic carbocycles. The number of ether oxygens (including phenoxy) is 1. The maximum Gasteiger partial charge on any atom is 0.237 e. The van der Waals surface area contributed by atoms with Crippen LogP contribution in [0.2, 0.25) is 0 Å². The minimum absolute atomic E-state index is 0.149. The average Bonchev–Trinajstić information content (AvgIpc) is 2.93. The number of amides is 1. The van der Waals surface area contributed by atoms with Crippen LogP contribution in [0, 0.1) is 11.3 Å². The van der Waals surface area contributed by atoms with Gasteiger partial charge in [0.1, 0.15) is 16.8 Å². The molecule has 1 unspecified atom stereocenters. The number of thioether (sulfide) groups is 1. The molecule has 1 atom stereocenters. The number of methoxy groups -OCH3 is 1. The van der Waals surface area contributed by atoms with Crippen LogP contribution in [0.25, 0.3) is 22.4 Å². The van der Waals surface area contributed by atoms with Crippen molar-refractivity contribution in [3.63, 3.8) is 0 Å². The van der Waals surface area contributed by atoms with E-state index in [0.29, 0.717) is 16.5 Å². The van der Waals surface area contributed by atoms with E-state index in [4.69, 9.17) is 9.72 Å². The Kier molecular flexibility index (Phi) is 8.27. The van der Waals surface area contributed by atoms with Gasteiger partial charge in [0.25, 0.3) is 0 Å². The molecular weight excluding hydrogens is 478 g/mol. The molecule has 0 saturated heterocycles. The Morgan fingerprint density at radius 1 is 0.946 bits per heavy atom. The number of aromatic nitrogens is 1. The summed E-state index contributed by atoms with van der Waals surface area (Å²) in [6, 6.07) is 29.6. The first kappa shape index (κ1) is 26.0. The van der Waals surface area contributed by atoms with E-state index in [2.05, 4.69) is 25.2 Å². The molecule has 4 rings (SSSR count). The van der Waals surface area contributed by atoms with Crippen LogP contribution in [-0.2, 0) is 4.79 Å². The molecule has 186 valence electrons. The van der Waals surface area contributed by atoms with E-state index in [9.17, 15) is 10.1 Å². The smallest absolute Gasteiger partial charge is 0.237 e. The molecule has 1 aromatic heterocycles. The number of benzene rings is 3. The standard InChI is InChI=1S/C31H29N3O2S/c1-20(2)22-10-14-25(15-11-22)33-30(35)21(3)37-31-28(19-32)27(23-12-16-26(36-4)17-13-23)18-29(34-31)24-8-6-5-7-9-24/h5-18,20-21H,1-4H3,(H,33,35). The van der Waals surface area contributed by atoms with Crippen molar-refractivity contribution in [2.24, 2.45) is 0 Å². The van der Waals surface area contributed by atoms with E-state index in [1.54, 1.807) is 7.11 Å². The summed E-state index contributed by atoms with van der Waals surface area (Å²) in [5.41, 5.74) is 5.71. The van der Waals surface area contributed by atoms with Crippen LogP contribution in [0.1, 0.15) is 37.8 Å². The summed E-state index contributed by atoms with van der Waals surface area (Å²) in [4.78, 5) is 17.9. The minimum atomic E-state index is -0.473. The lowest BCUT2D eigenvalue weighted by molar-refractivity contribution is -0.115. The largest absolute Gasteiger partial charge is 0.497 e. The molecule has 0 spiro atoms. The summed E-state index contributed by atoms with van der Waals surface area (Å²) >= 11 is 1.29. The molecule has 4 aromatic rings. The predicted octanol–water partition coefficient (Wildman–Crippen LogP) is 7.54. The maximum absolute atomic E-state index is 13.1. The number of carbonyl (C=O) groups excluding carboxylic acids is 1. The summed E-state index contributed by atoms with van der Waals surface area (Å²) in [5, 5.41) is 13.2. The summed E-state index contributed by atoms with van der Waals surface area (Å²) in [7, 11) is 1.62. The fraction of sp³-hybridized carbons (Fsp3) is 0.194. The number of hydrogen-bond donors (Lipinski definition) is 1. The van der Waals surface area contributed by atoms with Gasteiger partial charge in [0, 0.05) is 16.8 Å². The Hall–Kier alpha value is -4.08. The van der Waals surface area contributed by atoms with E-state index in [-0.39, 0.29) is 5.91 Å². The monoisotopic (exact) mass is 507 g/mol. The van der Waals surface area contributed by atoms with Gasteiger partial charge in [-0.05, 0) is 54.3 Å². The highest BCUT2D eigenvalue weighted by molar-refractivity contribution is 8.00. The fourth-order valence-electron chi connectivity index (χ4n) is 3.89. The minimum Gasteiger partial charge on any atom is -0.497 e. The Bertz CT molecular complexity index is 1410. The van der Waals surface area contributed by atoms with Gasteiger partial charge in [-0.2, -0.15) is 5.26 Å². The molecule has 0 fully saturated rings. The first-order valence-corrected chi connectivity index (χ1v) is 13.0. The molecule has 1 amide bonds. The first-order chi connectivity index (χ1) is 17.9. The van der Waals surface area contributed by atoms with E-state index in [1.807, 2.05) is 91.9 Å². The van der Waals surface area contributed by atoms with Crippen LogP contribution in [0.5, 0.6) is 5.75 Å². The topological polar surface area (TPSA) is 75.0 Å². The summed E-state index contributed by atoms with van der Waals surface area (Å²) in [6.07, 6.45) is 0. The molecule has 6 heteroatoms. The molecular formula is C31H29N3O2S. The number of carbonyl (C=O) groups is 1. The van der Waals surface area contributed by atoms with E-state index in [0.717, 1.165) is 33.8 Å². The van der Waals surface area contributed by atoms with Gasteiger partial charge in [0.2, 0.25) is 5.91 Å². The van der Waals surface area contributed by atoms with Crippen molar-refractivity contribution in [3.05, 3.63) is 96.1 Å². The van der Waals surface area contributed by atoms with Gasteiger partial charge in [0.15, 0.2) is 0 Å².